The van der Waals surface area contributed by atoms with Crippen LogP contribution in [0.2, 0.25) is 0 Å². The van der Waals surface area contributed by atoms with Crippen molar-refractivity contribution in [1.82, 2.24) is 14.9 Å². The summed E-state index contributed by atoms with van der Waals surface area (Å²) in [7, 11) is 6.12. The summed E-state index contributed by atoms with van der Waals surface area (Å²) in [4.78, 5) is 39.0. The molecule has 1 amide bonds. The third-order valence-electron chi connectivity index (χ3n) is 6.16. The second-order valence-electron chi connectivity index (χ2n) is 10.9. The molecule has 0 spiro atoms. The fourth-order valence-corrected chi connectivity index (χ4v) is 4.87. The number of carbonyl (C=O) groups excluding carboxylic acids is 2. The molecule has 0 saturated carbocycles. The van der Waals surface area contributed by atoms with Gasteiger partial charge in [0, 0.05) is 43.4 Å². The topological polar surface area (TPSA) is 88.1 Å². The van der Waals surface area contributed by atoms with E-state index < -0.39 is 0 Å². The predicted octanol–water partition coefficient (Wildman–Crippen LogP) is 5.11. The van der Waals surface area contributed by atoms with Gasteiger partial charge in [0.1, 0.15) is 22.8 Å². The van der Waals surface area contributed by atoms with Gasteiger partial charge in [-0.1, -0.05) is 18.2 Å². The van der Waals surface area contributed by atoms with Crippen molar-refractivity contribution >= 4 is 35.2 Å². The quantitative estimate of drug-likeness (QED) is 0.330. The van der Waals surface area contributed by atoms with Crippen LogP contribution in [-0.4, -0.2) is 73.6 Å². The van der Waals surface area contributed by atoms with E-state index in [9.17, 15) is 9.59 Å². The largest absolute Gasteiger partial charge is 0.462 e. The van der Waals surface area contributed by atoms with Crippen LogP contribution in [0, 0.1) is 6.92 Å². The number of carbonyl (C=O) groups is 2. The Hall–Kier alpha value is -3.34. The Labute approximate surface area is 241 Å². The average Bonchev–Trinajstić information content (AvgIpc) is 3.39. The van der Waals surface area contributed by atoms with Gasteiger partial charge >= 0.3 is 0 Å². The van der Waals surface area contributed by atoms with Gasteiger partial charge in [-0.05, 0) is 77.4 Å². The van der Waals surface area contributed by atoms with E-state index in [1.165, 1.54) is 4.88 Å². The van der Waals surface area contributed by atoms with E-state index in [-0.39, 0.29) is 17.6 Å². The Morgan fingerprint density at radius 2 is 1.95 bits per heavy atom. The second-order valence-corrected chi connectivity index (χ2v) is 11.9. The number of benzene rings is 1. The molecule has 216 valence electrons. The molecule has 10 heteroatoms. The van der Waals surface area contributed by atoms with Gasteiger partial charge in [-0.2, -0.15) is 0 Å². The van der Waals surface area contributed by atoms with Gasteiger partial charge in [-0.3, -0.25) is 9.59 Å². The van der Waals surface area contributed by atoms with Gasteiger partial charge in [-0.15, -0.1) is 11.3 Å². The molecule has 0 N–H and O–H groups in total. The van der Waals surface area contributed by atoms with Crippen LogP contribution in [0.5, 0.6) is 0 Å². The molecule has 0 saturated heterocycles. The molecule has 1 unspecified atom stereocenters. The van der Waals surface area contributed by atoms with Crippen molar-refractivity contribution in [1.29, 1.82) is 0 Å². The molecule has 3 heterocycles. The minimum atomic E-state index is -0.318. The van der Waals surface area contributed by atoms with Gasteiger partial charge in [0.15, 0.2) is 0 Å². The van der Waals surface area contributed by atoms with E-state index in [0.29, 0.717) is 43.4 Å². The number of anilines is 2. The Morgan fingerprint density at radius 3 is 2.58 bits per heavy atom. The molecule has 1 aromatic carbocycles. The minimum absolute atomic E-state index is 0.0526. The summed E-state index contributed by atoms with van der Waals surface area (Å²) >= 11 is 1.73. The van der Waals surface area contributed by atoms with Crippen LogP contribution in [0.15, 0.2) is 48.0 Å². The van der Waals surface area contributed by atoms with Crippen LogP contribution in [0.3, 0.4) is 0 Å². The first-order chi connectivity index (χ1) is 19.0. The van der Waals surface area contributed by atoms with Gasteiger partial charge in [0.25, 0.3) is 12.4 Å². The molecule has 1 atom stereocenters. The monoisotopic (exact) mass is 567 g/mol. The number of nitrogens with zero attached hydrogens (tertiary/aromatic N) is 5. The van der Waals surface area contributed by atoms with Crippen LogP contribution in [0.4, 0.5) is 11.5 Å². The van der Waals surface area contributed by atoms with Gasteiger partial charge in [-0.25, -0.2) is 9.97 Å². The van der Waals surface area contributed by atoms with E-state index in [4.69, 9.17) is 4.74 Å². The Bertz CT molecular complexity index is 1240. The summed E-state index contributed by atoms with van der Waals surface area (Å²) in [5, 5.41) is 2.09. The van der Waals surface area contributed by atoms with Crippen LogP contribution in [-0.2, 0) is 20.9 Å². The standard InChI is InChI=1S/C25H31N5O2S.C5H10O2/c1-18-26-16-21-24(27-18)29(4)12-13-30(25(21)31)20-8-5-7-19(15-20)17-32-22(10-11-28(2)3)23-9-6-14-33-23;1-5(2,3)7-4-6/h5-9,14-16,22H,10-13,17H2,1-4H3;4H,1-3H3. The predicted molar refractivity (Wildman–Crippen MR) is 160 cm³/mol. The molecule has 40 heavy (non-hydrogen) atoms. The highest BCUT2D eigenvalue weighted by Gasteiger charge is 2.28. The molecular formula is C30H41N5O4S. The van der Waals surface area contributed by atoms with Crippen molar-refractivity contribution < 1.29 is 19.1 Å². The van der Waals surface area contributed by atoms with Gasteiger partial charge in [0.05, 0.1) is 12.7 Å². The molecule has 3 aromatic rings. The molecule has 1 aliphatic heterocycles. The number of rotatable bonds is 9. The zero-order valence-electron chi connectivity index (χ0n) is 24.6. The molecule has 4 rings (SSSR count). The summed E-state index contributed by atoms with van der Waals surface area (Å²) in [5.74, 6) is 1.28. The van der Waals surface area contributed by atoms with Crippen LogP contribution in [0.1, 0.15) is 59.9 Å². The van der Waals surface area contributed by atoms with E-state index in [2.05, 4.69) is 63.3 Å². The van der Waals surface area contributed by atoms with E-state index in [1.54, 1.807) is 17.5 Å². The highest BCUT2D eigenvalue weighted by Crippen LogP contribution is 2.29. The second kappa shape index (κ2) is 14.3. The van der Waals surface area contributed by atoms with Gasteiger partial charge in [0.2, 0.25) is 0 Å². The van der Waals surface area contributed by atoms with Crippen LogP contribution < -0.4 is 9.80 Å². The van der Waals surface area contributed by atoms with Crippen molar-refractivity contribution in [2.24, 2.45) is 0 Å². The number of thiophene rings is 1. The van der Waals surface area contributed by atoms with Crippen LogP contribution >= 0.6 is 11.3 Å². The lowest BCUT2D eigenvalue weighted by atomic mass is 10.1. The lowest BCUT2D eigenvalue weighted by Crippen LogP contribution is -2.33. The first kappa shape index (κ1) is 31.2. The number of hydrogen-bond acceptors (Lipinski definition) is 9. The average molecular weight is 568 g/mol. The number of aryl methyl sites for hydroxylation is 1. The van der Waals surface area contributed by atoms with Gasteiger partial charge < -0.3 is 24.2 Å². The molecule has 2 aromatic heterocycles. The zero-order chi connectivity index (χ0) is 29.3. The van der Waals surface area contributed by atoms with Crippen LogP contribution in [0.25, 0.3) is 0 Å². The summed E-state index contributed by atoms with van der Waals surface area (Å²) in [6.45, 7) is 10.5. The molecular weight excluding hydrogens is 526 g/mol. The fourth-order valence-electron chi connectivity index (χ4n) is 4.06. The highest BCUT2D eigenvalue weighted by atomic mass is 32.1. The fraction of sp³-hybridized carbons (Fsp3) is 0.467. The SMILES string of the molecule is CC(C)(C)OC=O.Cc1ncc2c(n1)N(C)CCN(c1cccc(COC(CCN(C)C)c3cccs3)c1)C2=O. The Kier molecular flexibility index (Phi) is 11.2. The normalized spacial score (nSPS) is 14.2. The molecule has 0 aliphatic carbocycles. The summed E-state index contributed by atoms with van der Waals surface area (Å²) in [6.07, 6.45) is 2.62. The number of amides is 1. The van der Waals surface area contributed by atoms with Crippen molar-refractivity contribution in [2.45, 2.75) is 52.4 Å². The number of aromatic nitrogens is 2. The maximum absolute atomic E-state index is 13.4. The van der Waals surface area contributed by atoms with Crippen molar-refractivity contribution in [3.63, 3.8) is 0 Å². The lowest BCUT2D eigenvalue weighted by Gasteiger charge is -2.22. The smallest absolute Gasteiger partial charge is 0.293 e. The number of ether oxygens (including phenoxy) is 2. The third-order valence-corrected chi connectivity index (χ3v) is 7.12. The Morgan fingerprint density at radius 1 is 1.18 bits per heavy atom. The summed E-state index contributed by atoms with van der Waals surface area (Å²) in [6, 6.07) is 12.3. The maximum Gasteiger partial charge on any atom is 0.293 e. The third kappa shape index (κ3) is 9.11. The van der Waals surface area contributed by atoms with E-state index >= 15 is 0 Å². The molecule has 0 fully saturated rings. The highest BCUT2D eigenvalue weighted by molar-refractivity contribution is 7.10. The lowest BCUT2D eigenvalue weighted by molar-refractivity contribution is -0.138. The summed E-state index contributed by atoms with van der Waals surface area (Å²) in [5.41, 5.74) is 2.12. The number of fused-ring (bicyclic) bond motifs is 1. The number of hydrogen-bond donors (Lipinski definition) is 0. The number of likely N-dealkylation sites (N-methyl/N-ethyl adjacent to an activating group) is 1. The first-order valence-electron chi connectivity index (χ1n) is 13.3. The molecule has 0 radical (unpaired) electrons. The first-order valence-corrected chi connectivity index (χ1v) is 14.2. The molecule has 9 nitrogen and oxygen atoms in total. The molecule has 0 bridgehead atoms. The molecule has 1 aliphatic rings. The Balaban J connectivity index is 0.000000559. The maximum atomic E-state index is 13.4. The van der Waals surface area contributed by atoms with E-state index in [1.807, 2.05) is 56.7 Å². The van der Waals surface area contributed by atoms with Crippen molar-refractivity contribution in [2.75, 3.05) is 50.6 Å². The minimum Gasteiger partial charge on any atom is -0.462 e. The summed E-state index contributed by atoms with van der Waals surface area (Å²) < 4.78 is 10.9. The van der Waals surface area contributed by atoms with Crippen molar-refractivity contribution in [3.05, 3.63) is 69.8 Å². The van der Waals surface area contributed by atoms with Crippen molar-refractivity contribution in [3.8, 4) is 0 Å². The zero-order valence-corrected chi connectivity index (χ0v) is 25.4. The van der Waals surface area contributed by atoms with E-state index in [0.717, 1.165) is 24.2 Å².